The van der Waals surface area contributed by atoms with Gasteiger partial charge in [-0.05, 0) is 35.9 Å². The molecule has 2 aromatic carbocycles. The topological polar surface area (TPSA) is 78.3 Å². The summed E-state index contributed by atoms with van der Waals surface area (Å²) in [6, 6.07) is 17.8. The van der Waals surface area contributed by atoms with Crippen LogP contribution >= 0.6 is 0 Å². The minimum atomic E-state index is -4.08. The SMILES string of the molecule is O=Cc1cc(-c2ccc(OCc3ccccc3)cc2F)n(S(=O)(=O)c2cccnc2)c1. The van der Waals surface area contributed by atoms with E-state index in [9.17, 15) is 17.6 Å². The fourth-order valence-corrected chi connectivity index (χ4v) is 4.41. The molecule has 31 heavy (non-hydrogen) atoms. The number of ether oxygens (including phenoxy) is 1. The maximum absolute atomic E-state index is 15.0. The van der Waals surface area contributed by atoms with Crippen molar-refractivity contribution in [3.63, 3.8) is 0 Å². The molecule has 2 aromatic heterocycles. The van der Waals surface area contributed by atoms with Crippen LogP contribution in [0.3, 0.4) is 0 Å². The van der Waals surface area contributed by atoms with Gasteiger partial charge in [0.2, 0.25) is 0 Å². The Balaban J connectivity index is 1.70. The van der Waals surface area contributed by atoms with Gasteiger partial charge in [0.1, 0.15) is 23.1 Å². The molecule has 0 aliphatic heterocycles. The first-order chi connectivity index (χ1) is 15.0. The van der Waals surface area contributed by atoms with Crippen LogP contribution in [0, 0.1) is 5.82 Å². The number of carbonyl (C=O) groups excluding carboxylic acids is 1. The van der Waals surface area contributed by atoms with Gasteiger partial charge in [-0.15, -0.1) is 0 Å². The molecule has 0 radical (unpaired) electrons. The molecule has 6 nitrogen and oxygen atoms in total. The average molecular weight is 436 g/mol. The monoisotopic (exact) mass is 436 g/mol. The average Bonchev–Trinajstić information content (AvgIpc) is 3.24. The predicted octanol–water partition coefficient (Wildman–Crippen LogP) is 4.32. The number of halogens is 1. The Labute approximate surface area is 178 Å². The second-order valence-electron chi connectivity index (χ2n) is 6.68. The highest BCUT2D eigenvalue weighted by molar-refractivity contribution is 7.90. The third kappa shape index (κ3) is 4.24. The van der Waals surface area contributed by atoms with Crippen molar-refractivity contribution in [2.45, 2.75) is 11.5 Å². The van der Waals surface area contributed by atoms with Crippen LogP contribution in [0.1, 0.15) is 15.9 Å². The lowest BCUT2D eigenvalue weighted by atomic mass is 10.1. The van der Waals surface area contributed by atoms with Crippen molar-refractivity contribution in [2.75, 3.05) is 0 Å². The summed E-state index contributed by atoms with van der Waals surface area (Å²) in [4.78, 5) is 15.0. The van der Waals surface area contributed by atoms with Gasteiger partial charge in [0.25, 0.3) is 10.0 Å². The van der Waals surface area contributed by atoms with E-state index in [-0.39, 0.29) is 28.3 Å². The Kier molecular flexibility index (Phi) is 5.64. The fourth-order valence-electron chi connectivity index (χ4n) is 3.07. The molecule has 0 unspecified atom stereocenters. The zero-order valence-electron chi connectivity index (χ0n) is 16.2. The summed E-state index contributed by atoms with van der Waals surface area (Å²) < 4.78 is 47.6. The summed E-state index contributed by atoms with van der Waals surface area (Å²) >= 11 is 0. The van der Waals surface area contributed by atoms with Crippen molar-refractivity contribution in [1.29, 1.82) is 0 Å². The van der Waals surface area contributed by atoms with E-state index in [0.29, 0.717) is 12.0 Å². The molecule has 0 atom stereocenters. The molecule has 0 saturated heterocycles. The normalized spacial score (nSPS) is 11.3. The molecular formula is C23H17FN2O4S. The van der Waals surface area contributed by atoms with Gasteiger partial charge in [0.15, 0.2) is 6.29 Å². The highest BCUT2D eigenvalue weighted by Gasteiger charge is 2.23. The lowest BCUT2D eigenvalue weighted by molar-refractivity contribution is 0.112. The van der Waals surface area contributed by atoms with E-state index in [1.165, 1.54) is 42.7 Å². The summed E-state index contributed by atoms with van der Waals surface area (Å²) in [7, 11) is -4.08. The minimum absolute atomic E-state index is 0.0210. The lowest BCUT2D eigenvalue weighted by Crippen LogP contribution is -2.13. The van der Waals surface area contributed by atoms with Crippen LogP contribution in [0.15, 0.2) is 90.2 Å². The van der Waals surface area contributed by atoms with Gasteiger partial charge in [-0.25, -0.2) is 16.8 Å². The molecule has 0 saturated carbocycles. The molecule has 0 amide bonds. The van der Waals surface area contributed by atoms with Gasteiger partial charge in [0.05, 0.1) is 5.69 Å². The van der Waals surface area contributed by atoms with Crippen LogP contribution in [-0.2, 0) is 16.6 Å². The van der Waals surface area contributed by atoms with Crippen molar-refractivity contribution < 1.29 is 22.3 Å². The standard InChI is InChI=1S/C23H17FN2O4S/c24-22-12-19(30-16-17-5-2-1-3-6-17)8-9-21(22)23-11-18(15-27)14-26(23)31(28,29)20-7-4-10-25-13-20/h1-15H,16H2. The number of carbonyl (C=O) groups is 1. The van der Waals surface area contributed by atoms with E-state index in [0.717, 1.165) is 15.7 Å². The molecular weight excluding hydrogens is 419 g/mol. The number of nitrogens with zero attached hydrogens (tertiary/aromatic N) is 2. The van der Waals surface area contributed by atoms with Crippen LogP contribution in [0.4, 0.5) is 4.39 Å². The zero-order valence-corrected chi connectivity index (χ0v) is 17.0. The van der Waals surface area contributed by atoms with Crippen molar-refractivity contribution in [3.05, 3.63) is 102 Å². The summed E-state index contributed by atoms with van der Waals surface area (Å²) in [6.45, 7) is 0.265. The number of aldehydes is 1. The minimum Gasteiger partial charge on any atom is -0.489 e. The van der Waals surface area contributed by atoms with Crippen molar-refractivity contribution in [2.24, 2.45) is 0 Å². The van der Waals surface area contributed by atoms with Crippen molar-refractivity contribution >= 4 is 16.3 Å². The maximum Gasteiger partial charge on any atom is 0.269 e. The molecule has 0 fully saturated rings. The Morgan fingerprint density at radius 1 is 1.03 bits per heavy atom. The fraction of sp³-hybridized carbons (Fsp3) is 0.0435. The third-order valence-electron chi connectivity index (χ3n) is 4.60. The van der Waals surface area contributed by atoms with E-state index in [1.54, 1.807) is 6.07 Å². The summed E-state index contributed by atoms with van der Waals surface area (Å²) in [5, 5.41) is 0. The van der Waals surface area contributed by atoms with E-state index < -0.39 is 15.8 Å². The molecule has 4 rings (SSSR count). The van der Waals surface area contributed by atoms with Gasteiger partial charge < -0.3 is 4.74 Å². The smallest absolute Gasteiger partial charge is 0.269 e. The first-order valence-electron chi connectivity index (χ1n) is 9.29. The first-order valence-corrected chi connectivity index (χ1v) is 10.7. The second kappa shape index (κ2) is 8.53. The largest absolute Gasteiger partial charge is 0.489 e. The molecule has 0 bridgehead atoms. The molecule has 156 valence electrons. The summed E-state index contributed by atoms with van der Waals surface area (Å²) in [5.74, 6) is -0.377. The summed E-state index contributed by atoms with van der Waals surface area (Å²) in [6.07, 6.45) is 4.30. The van der Waals surface area contributed by atoms with Gasteiger partial charge >= 0.3 is 0 Å². The molecule has 0 aliphatic rings. The van der Waals surface area contributed by atoms with Gasteiger partial charge in [0, 0.05) is 35.8 Å². The molecule has 0 N–H and O–H groups in total. The van der Waals surface area contributed by atoms with E-state index >= 15 is 0 Å². The van der Waals surface area contributed by atoms with E-state index in [2.05, 4.69) is 4.98 Å². The third-order valence-corrected chi connectivity index (χ3v) is 6.26. The van der Waals surface area contributed by atoms with Gasteiger partial charge in [-0.3, -0.25) is 9.78 Å². The number of hydrogen-bond donors (Lipinski definition) is 0. The van der Waals surface area contributed by atoms with Gasteiger partial charge in [-0.2, -0.15) is 0 Å². The Morgan fingerprint density at radius 3 is 2.52 bits per heavy atom. The number of aromatic nitrogens is 2. The van der Waals surface area contributed by atoms with Crippen LogP contribution in [0.2, 0.25) is 0 Å². The van der Waals surface area contributed by atoms with Gasteiger partial charge in [-0.1, -0.05) is 30.3 Å². The zero-order chi connectivity index (χ0) is 21.8. The first kappa shape index (κ1) is 20.5. The highest BCUT2D eigenvalue weighted by Crippen LogP contribution is 2.30. The van der Waals surface area contributed by atoms with E-state index in [4.69, 9.17) is 4.74 Å². The number of pyridine rings is 1. The number of benzene rings is 2. The predicted molar refractivity (Wildman–Crippen MR) is 113 cm³/mol. The maximum atomic E-state index is 15.0. The van der Waals surface area contributed by atoms with Crippen LogP contribution in [0.25, 0.3) is 11.3 Å². The van der Waals surface area contributed by atoms with Crippen LogP contribution in [-0.4, -0.2) is 23.7 Å². The van der Waals surface area contributed by atoms with Crippen LogP contribution in [0.5, 0.6) is 5.75 Å². The number of hydrogen-bond acceptors (Lipinski definition) is 5. The van der Waals surface area contributed by atoms with E-state index in [1.807, 2.05) is 30.3 Å². The van der Waals surface area contributed by atoms with Crippen molar-refractivity contribution in [3.8, 4) is 17.0 Å². The molecule has 0 aliphatic carbocycles. The molecule has 8 heteroatoms. The number of rotatable bonds is 7. The Hall–Kier alpha value is -3.78. The molecule has 2 heterocycles. The lowest BCUT2D eigenvalue weighted by Gasteiger charge is -2.12. The highest BCUT2D eigenvalue weighted by atomic mass is 32.2. The second-order valence-corrected chi connectivity index (χ2v) is 8.50. The molecule has 4 aromatic rings. The summed E-state index contributed by atoms with van der Waals surface area (Å²) in [5.41, 5.74) is 1.08. The Morgan fingerprint density at radius 2 is 1.84 bits per heavy atom. The quantitative estimate of drug-likeness (QED) is 0.403. The molecule has 0 spiro atoms. The van der Waals surface area contributed by atoms with Crippen molar-refractivity contribution in [1.82, 2.24) is 8.96 Å². The van der Waals surface area contributed by atoms with Crippen LogP contribution < -0.4 is 4.74 Å². The Bertz CT molecular complexity index is 1320.